The molecule has 0 saturated heterocycles. The Morgan fingerprint density at radius 1 is 1.40 bits per heavy atom. The van der Waals surface area contributed by atoms with Crippen molar-refractivity contribution in [3.63, 3.8) is 0 Å². The highest BCUT2D eigenvalue weighted by Crippen LogP contribution is 2.11. The van der Waals surface area contributed by atoms with E-state index in [1.165, 1.54) is 18.3 Å². The summed E-state index contributed by atoms with van der Waals surface area (Å²) in [5, 5.41) is 13.6. The molecule has 1 aromatic carbocycles. The normalized spacial score (nSPS) is 10.5. The molecule has 0 aliphatic rings. The van der Waals surface area contributed by atoms with Gasteiger partial charge in [0.1, 0.15) is 11.5 Å². The van der Waals surface area contributed by atoms with Crippen molar-refractivity contribution in [1.82, 2.24) is 10.3 Å². The standard InChI is InChI=1S/C13H14FN3O3/c14-8-2-3-10-9(6-8)12(19)11(7-16-10)17-13(20)15-4-1-5-18/h2-3,6-7,18H,1,4-5H2,(H,16,19)(H2,15,17,20). The van der Waals surface area contributed by atoms with Gasteiger partial charge in [0, 0.05) is 24.9 Å². The van der Waals surface area contributed by atoms with E-state index < -0.39 is 17.3 Å². The third kappa shape index (κ3) is 3.12. The number of anilines is 1. The van der Waals surface area contributed by atoms with Gasteiger partial charge in [0.2, 0.25) is 5.43 Å². The van der Waals surface area contributed by atoms with Crippen molar-refractivity contribution in [1.29, 1.82) is 0 Å². The Balaban J connectivity index is 2.21. The first kappa shape index (κ1) is 14.0. The number of carbonyl (C=O) groups excluding carboxylic acids is 1. The molecule has 0 aliphatic heterocycles. The van der Waals surface area contributed by atoms with E-state index in [0.29, 0.717) is 18.5 Å². The average molecular weight is 279 g/mol. The number of halogens is 1. The molecule has 20 heavy (non-hydrogen) atoms. The summed E-state index contributed by atoms with van der Waals surface area (Å²) in [5.41, 5.74) is 0.0581. The van der Waals surface area contributed by atoms with Crippen molar-refractivity contribution in [3.8, 4) is 0 Å². The molecule has 1 aromatic heterocycles. The van der Waals surface area contributed by atoms with Crippen LogP contribution in [-0.4, -0.2) is 29.3 Å². The van der Waals surface area contributed by atoms with Crippen molar-refractivity contribution >= 4 is 22.6 Å². The van der Waals surface area contributed by atoms with Crippen molar-refractivity contribution in [2.24, 2.45) is 0 Å². The zero-order valence-electron chi connectivity index (χ0n) is 10.6. The van der Waals surface area contributed by atoms with Crippen LogP contribution in [0.2, 0.25) is 0 Å². The molecule has 2 rings (SSSR count). The van der Waals surface area contributed by atoms with E-state index in [0.717, 1.165) is 6.07 Å². The number of fused-ring (bicyclic) bond motifs is 1. The summed E-state index contributed by atoms with van der Waals surface area (Å²) >= 11 is 0. The molecule has 0 saturated carbocycles. The van der Waals surface area contributed by atoms with Gasteiger partial charge in [-0.3, -0.25) is 4.79 Å². The lowest BCUT2D eigenvalue weighted by Gasteiger charge is -2.07. The topological polar surface area (TPSA) is 94.2 Å². The molecule has 0 unspecified atom stereocenters. The van der Waals surface area contributed by atoms with E-state index in [1.807, 2.05) is 0 Å². The molecule has 0 spiro atoms. The second-order valence-corrected chi connectivity index (χ2v) is 4.18. The van der Waals surface area contributed by atoms with Gasteiger partial charge in [-0.15, -0.1) is 0 Å². The zero-order chi connectivity index (χ0) is 14.5. The molecular weight excluding hydrogens is 265 g/mol. The Labute approximate surface area is 113 Å². The van der Waals surface area contributed by atoms with E-state index >= 15 is 0 Å². The van der Waals surface area contributed by atoms with Gasteiger partial charge in [0.05, 0.1) is 5.39 Å². The third-order valence-electron chi connectivity index (χ3n) is 2.71. The number of hydrogen-bond donors (Lipinski definition) is 4. The third-order valence-corrected chi connectivity index (χ3v) is 2.71. The number of urea groups is 1. The molecule has 1 heterocycles. The fourth-order valence-corrected chi connectivity index (χ4v) is 1.73. The Morgan fingerprint density at radius 3 is 2.95 bits per heavy atom. The fourth-order valence-electron chi connectivity index (χ4n) is 1.73. The van der Waals surface area contributed by atoms with E-state index in [4.69, 9.17) is 5.11 Å². The van der Waals surface area contributed by atoms with E-state index in [-0.39, 0.29) is 17.7 Å². The minimum absolute atomic E-state index is 0.0316. The number of amides is 2. The minimum Gasteiger partial charge on any atom is -0.396 e. The molecule has 106 valence electrons. The van der Waals surface area contributed by atoms with Crippen LogP contribution >= 0.6 is 0 Å². The van der Waals surface area contributed by atoms with Crippen LogP contribution in [-0.2, 0) is 0 Å². The molecule has 0 aliphatic carbocycles. The number of pyridine rings is 1. The maximum atomic E-state index is 13.1. The van der Waals surface area contributed by atoms with Crippen LogP contribution < -0.4 is 16.1 Å². The van der Waals surface area contributed by atoms with Crippen LogP contribution in [0, 0.1) is 5.82 Å². The number of benzene rings is 1. The second-order valence-electron chi connectivity index (χ2n) is 4.18. The number of hydrogen-bond acceptors (Lipinski definition) is 3. The summed E-state index contributed by atoms with van der Waals surface area (Å²) in [7, 11) is 0. The molecule has 0 atom stereocenters. The van der Waals surface area contributed by atoms with Gasteiger partial charge in [0.25, 0.3) is 0 Å². The van der Waals surface area contributed by atoms with Crippen LogP contribution in [0.5, 0.6) is 0 Å². The molecule has 2 amide bonds. The van der Waals surface area contributed by atoms with Gasteiger partial charge < -0.3 is 20.7 Å². The largest absolute Gasteiger partial charge is 0.396 e. The molecule has 0 fully saturated rings. The summed E-state index contributed by atoms with van der Waals surface area (Å²) < 4.78 is 13.1. The first-order valence-electron chi connectivity index (χ1n) is 6.08. The maximum Gasteiger partial charge on any atom is 0.319 e. The molecule has 6 nitrogen and oxygen atoms in total. The summed E-state index contributed by atoms with van der Waals surface area (Å²) in [5.74, 6) is -0.521. The summed E-state index contributed by atoms with van der Waals surface area (Å²) in [6.45, 7) is 0.262. The van der Waals surface area contributed by atoms with E-state index in [9.17, 15) is 14.0 Å². The van der Waals surface area contributed by atoms with Crippen LogP contribution in [0.1, 0.15) is 6.42 Å². The first-order valence-corrected chi connectivity index (χ1v) is 6.08. The summed E-state index contributed by atoms with van der Waals surface area (Å²) in [6, 6.07) is 3.26. The Bertz CT molecular complexity index is 684. The van der Waals surface area contributed by atoms with Crippen LogP contribution in [0.25, 0.3) is 10.9 Å². The summed E-state index contributed by atoms with van der Waals surface area (Å²) in [4.78, 5) is 26.4. The molecule has 0 radical (unpaired) electrons. The molecule has 2 aromatic rings. The van der Waals surface area contributed by atoms with Gasteiger partial charge >= 0.3 is 6.03 Å². The number of aromatic nitrogens is 1. The number of aromatic amines is 1. The van der Waals surface area contributed by atoms with Crippen molar-refractivity contribution in [3.05, 3.63) is 40.4 Å². The Morgan fingerprint density at radius 2 is 2.20 bits per heavy atom. The highest BCUT2D eigenvalue weighted by molar-refractivity contribution is 5.91. The number of aliphatic hydroxyl groups is 1. The average Bonchev–Trinajstić information content (AvgIpc) is 2.43. The molecular formula is C13H14FN3O3. The molecule has 0 bridgehead atoms. The quantitative estimate of drug-likeness (QED) is 0.633. The number of H-pyrrole nitrogens is 1. The lowest BCUT2D eigenvalue weighted by atomic mass is 10.2. The van der Waals surface area contributed by atoms with Crippen molar-refractivity contribution in [2.45, 2.75) is 6.42 Å². The predicted octanol–water partition coefficient (Wildman–Crippen LogP) is 1.17. The molecule has 4 N–H and O–H groups in total. The number of carbonyl (C=O) groups is 1. The van der Waals surface area contributed by atoms with Gasteiger partial charge in [-0.1, -0.05) is 0 Å². The van der Waals surface area contributed by atoms with Gasteiger partial charge in [0.15, 0.2) is 0 Å². The Kier molecular flexibility index (Phi) is 4.31. The van der Waals surface area contributed by atoms with Gasteiger partial charge in [-0.2, -0.15) is 0 Å². The highest BCUT2D eigenvalue weighted by Gasteiger charge is 2.08. The highest BCUT2D eigenvalue weighted by atomic mass is 19.1. The lowest BCUT2D eigenvalue weighted by Crippen LogP contribution is -2.31. The van der Waals surface area contributed by atoms with Gasteiger partial charge in [-0.25, -0.2) is 9.18 Å². The molecule has 7 heteroatoms. The monoisotopic (exact) mass is 279 g/mol. The van der Waals surface area contributed by atoms with Crippen LogP contribution in [0.15, 0.2) is 29.2 Å². The Hall–Kier alpha value is -2.41. The fraction of sp³-hybridized carbons (Fsp3) is 0.231. The van der Waals surface area contributed by atoms with E-state index in [2.05, 4.69) is 15.6 Å². The lowest BCUT2D eigenvalue weighted by molar-refractivity contribution is 0.249. The van der Waals surface area contributed by atoms with Crippen molar-refractivity contribution < 1.29 is 14.3 Å². The smallest absolute Gasteiger partial charge is 0.319 e. The van der Waals surface area contributed by atoms with Crippen LogP contribution in [0.3, 0.4) is 0 Å². The second kappa shape index (κ2) is 6.16. The zero-order valence-corrected chi connectivity index (χ0v) is 10.6. The maximum absolute atomic E-state index is 13.1. The SMILES string of the molecule is O=C(NCCCO)Nc1c[nH]c2ccc(F)cc2c1=O. The van der Waals surface area contributed by atoms with Crippen LogP contribution in [0.4, 0.5) is 14.9 Å². The number of rotatable bonds is 4. The van der Waals surface area contributed by atoms with Crippen molar-refractivity contribution in [2.75, 3.05) is 18.5 Å². The summed E-state index contributed by atoms with van der Waals surface area (Å²) in [6.07, 6.45) is 1.78. The number of nitrogens with one attached hydrogen (secondary N) is 3. The predicted molar refractivity (Wildman–Crippen MR) is 73.3 cm³/mol. The van der Waals surface area contributed by atoms with Gasteiger partial charge in [-0.05, 0) is 24.6 Å². The minimum atomic E-state index is -0.556. The first-order chi connectivity index (χ1) is 9.61. The van der Waals surface area contributed by atoms with E-state index in [1.54, 1.807) is 0 Å². The number of aliphatic hydroxyl groups excluding tert-OH is 1.